The van der Waals surface area contributed by atoms with Gasteiger partial charge in [0.1, 0.15) is 0 Å². The van der Waals surface area contributed by atoms with Gasteiger partial charge in [-0.15, -0.1) is 0 Å². The van der Waals surface area contributed by atoms with Crippen LogP contribution in [0.3, 0.4) is 0 Å². The number of nitrogens with zero attached hydrogens (tertiary/aromatic N) is 1. The van der Waals surface area contributed by atoms with Gasteiger partial charge in [0.2, 0.25) is 0 Å². The molecule has 0 saturated heterocycles. The van der Waals surface area contributed by atoms with Crippen LogP contribution in [0.15, 0.2) is 30.3 Å². The highest BCUT2D eigenvalue weighted by Crippen LogP contribution is 2.41. The Hall–Kier alpha value is -1.25. The maximum atomic E-state index is 10.1. The first-order chi connectivity index (χ1) is 7.41. The standard InChI is InChI=1S/C13H14ClNO/c1-15(2,3)11-8-9-6-4-5-7-10(9)12(14)13(11)16/h4-8H,1-3H3/p+1. The molecule has 1 N–H and O–H groups in total. The van der Waals surface area contributed by atoms with Crippen LogP contribution in [0.25, 0.3) is 10.8 Å². The SMILES string of the molecule is C[N+](C)(C)c1cc2ccccc2c(Cl)c1O. The molecule has 0 heterocycles. The van der Waals surface area contributed by atoms with Crippen molar-refractivity contribution in [1.82, 2.24) is 4.48 Å². The van der Waals surface area contributed by atoms with E-state index in [0.717, 1.165) is 16.5 Å². The molecule has 2 rings (SSSR count). The van der Waals surface area contributed by atoms with E-state index in [9.17, 15) is 5.11 Å². The number of hydrogen-bond donors (Lipinski definition) is 1. The van der Waals surface area contributed by atoms with E-state index in [-0.39, 0.29) is 5.75 Å². The molecule has 84 valence electrons. The number of quaternary nitrogens is 1. The zero-order chi connectivity index (χ0) is 11.9. The normalized spacial score (nSPS) is 12.0. The van der Waals surface area contributed by atoms with Crippen molar-refractivity contribution in [3.63, 3.8) is 0 Å². The molecule has 0 radical (unpaired) electrons. The van der Waals surface area contributed by atoms with E-state index in [2.05, 4.69) is 0 Å². The minimum absolute atomic E-state index is 0.174. The fraction of sp³-hybridized carbons (Fsp3) is 0.231. The van der Waals surface area contributed by atoms with Crippen molar-refractivity contribution in [1.29, 1.82) is 0 Å². The molecule has 0 saturated carbocycles. The van der Waals surface area contributed by atoms with Crippen molar-refractivity contribution >= 4 is 28.1 Å². The number of halogens is 1. The molecular formula is C13H15ClNO+. The van der Waals surface area contributed by atoms with Crippen LogP contribution >= 0.6 is 11.6 Å². The summed E-state index contributed by atoms with van der Waals surface area (Å²) in [5.41, 5.74) is 0.823. The molecule has 2 aromatic rings. The largest absolute Gasteiger partial charge is 0.502 e. The third-order valence-electron chi connectivity index (χ3n) is 2.66. The summed E-state index contributed by atoms with van der Waals surface area (Å²) in [6.45, 7) is 0. The van der Waals surface area contributed by atoms with Crippen molar-refractivity contribution in [2.45, 2.75) is 0 Å². The molecule has 2 aromatic carbocycles. The van der Waals surface area contributed by atoms with Crippen LogP contribution < -0.4 is 4.48 Å². The van der Waals surface area contributed by atoms with E-state index < -0.39 is 0 Å². The highest BCUT2D eigenvalue weighted by atomic mass is 35.5. The monoisotopic (exact) mass is 236 g/mol. The first-order valence-corrected chi connectivity index (χ1v) is 5.51. The average Bonchev–Trinajstić information content (AvgIpc) is 2.22. The number of rotatable bonds is 1. The zero-order valence-electron chi connectivity index (χ0n) is 9.66. The molecule has 2 nitrogen and oxygen atoms in total. The van der Waals surface area contributed by atoms with Gasteiger partial charge in [-0.25, -0.2) is 0 Å². The van der Waals surface area contributed by atoms with Crippen molar-refractivity contribution < 1.29 is 5.11 Å². The average molecular weight is 237 g/mol. The van der Waals surface area contributed by atoms with Gasteiger partial charge in [0.15, 0.2) is 11.4 Å². The Kier molecular flexibility index (Phi) is 2.56. The van der Waals surface area contributed by atoms with Crippen LogP contribution in [-0.4, -0.2) is 26.2 Å². The molecule has 0 aliphatic heterocycles. The first-order valence-electron chi connectivity index (χ1n) is 5.13. The minimum Gasteiger partial charge on any atom is -0.502 e. The summed E-state index contributed by atoms with van der Waals surface area (Å²) < 4.78 is 0.538. The molecule has 0 spiro atoms. The van der Waals surface area contributed by atoms with Crippen LogP contribution in [0.5, 0.6) is 5.75 Å². The third kappa shape index (κ3) is 1.75. The summed E-state index contributed by atoms with van der Waals surface area (Å²) in [6, 6.07) is 9.78. The summed E-state index contributed by atoms with van der Waals surface area (Å²) in [5, 5.41) is 12.5. The maximum absolute atomic E-state index is 10.1. The fourth-order valence-corrected chi connectivity index (χ4v) is 2.06. The van der Waals surface area contributed by atoms with Crippen LogP contribution in [0.1, 0.15) is 0 Å². The van der Waals surface area contributed by atoms with Crippen molar-refractivity contribution in [3.05, 3.63) is 35.4 Å². The quantitative estimate of drug-likeness (QED) is 0.753. The lowest BCUT2D eigenvalue weighted by molar-refractivity contribution is 0.427. The number of benzene rings is 2. The lowest BCUT2D eigenvalue weighted by Crippen LogP contribution is -2.34. The summed E-state index contributed by atoms with van der Waals surface area (Å²) in [5.74, 6) is 0.174. The molecule has 0 unspecified atom stereocenters. The van der Waals surface area contributed by atoms with Crippen LogP contribution in [-0.2, 0) is 0 Å². The Bertz CT molecular complexity index is 543. The maximum Gasteiger partial charge on any atom is 0.196 e. The Balaban J connectivity index is 2.84. The van der Waals surface area contributed by atoms with Gasteiger partial charge in [-0.3, -0.25) is 4.48 Å². The van der Waals surface area contributed by atoms with Gasteiger partial charge < -0.3 is 5.11 Å². The summed E-state index contributed by atoms with van der Waals surface area (Å²) in [4.78, 5) is 0. The Labute approximate surface area is 100 Å². The molecule has 0 amide bonds. The van der Waals surface area contributed by atoms with Gasteiger partial charge >= 0.3 is 0 Å². The Morgan fingerprint density at radius 3 is 2.38 bits per heavy atom. The zero-order valence-corrected chi connectivity index (χ0v) is 10.4. The smallest absolute Gasteiger partial charge is 0.196 e. The molecule has 3 heteroatoms. The van der Waals surface area contributed by atoms with Crippen LogP contribution in [0.2, 0.25) is 5.02 Å². The number of aromatic hydroxyl groups is 1. The second-order valence-corrected chi connectivity index (χ2v) is 5.17. The van der Waals surface area contributed by atoms with Gasteiger partial charge in [-0.1, -0.05) is 35.9 Å². The molecule has 0 fully saturated rings. The third-order valence-corrected chi connectivity index (χ3v) is 3.05. The molecular weight excluding hydrogens is 222 g/mol. The number of hydrogen-bond acceptors (Lipinski definition) is 1. The van der Waals surface area contributed by atoms with Crippen molar-refractivity contribution in [3.8, 4) is 5.75 Å². The minimum atomic E-state index is 0.174. The number of fused-ring (bicyclic) bond motifs is 1. The van der Waals surface area contributed by atoms with Gasteiger partial charge in [-0.2, -0.15) is 0 Å². The van der Waals surface area contributed by atoms with E-state index in [1.807, 2.05) is 51.5 Å². The van der Waals surface area contributed by atoms with Crippen molar-refractivity contribution in [2.75, 3.05) is 21.1 Å². The van der Waals surface area contributed by atoms with Gasteiger partial charge in [0.05, 0.1) is 26.2 Å². The van der Waals surface area contributed by atoms with E-state index in [0.29, 0.717) is 9.51 Å². The van der Waals surface area contributed by atoms with Crippen LogP contribution in [0, 0.1) is 0 Å². The molecule has 16 heavy (non-hydrogen) atoms. The Morgan fingerprint density at radius 1 is 1.12 bits per heavy atom. The topological polar surface area (TPSA) is 20.2 Å². The van der Waals surface area contributed by atoms with Gasteiger partial charge in [-0.05, 0) is 5.39 Å². The van der Waals surface area contributed by atoms with E-state index in [1.54, 1.807) is 0 Å². The molecule has 0 aliphatic carbocycles. The predicted molar refractivity (Wildman–Crippen MR) is 70.2 cm³/mol. The molecule has 0 aromatic heterocycles. The molecule has 0 bridgehead atoms. The highest BCUT2D eigenvalue weighted by molar-refractivity contribution is 6.37. The van der Waals surface area contributed by atoms with Crippen molar-refractivity contribution in [2.24, 2.45) is 0 Å². The summed E-state index contributed by atoms with van der Waals surface area (Å²) in [7, 11) is 6.00. The van der Waals surface area contributed by atoms with E-state index in [4.69, 9.17) is 11.6 Å². The number of phenolic OH excluding ortho intramolecular Hbond substituents is 1. The molecule has 0 atom stereocenters. The fourth-order valence-electron chi connectivity index (χ4n) is 1.79. The second-order valence-electron chi connectivity index (χ2n) is 4.79. The number of phenols is 1. The summed E-state index contributed by atoms with van der Waals surface area (Å²) >= 11 is 6.18. The predicted octanol–water partition coefficient (Wildman–Crippen LogP) is 3.40. The highest BCUT2D eigenvalue weighted by Gasteiger charge is 2.21. The first kappa shape index (κ1) is 11.2. The van der Waals surface area contributed by atoms with Gasteiger partial charge in [0.25, 0.3) is 0 Å². The van der Waals surface area contributed by atoms with E-state index in [1.165, 1.54) is 0 Å². The molecule has 0 aliphatic rings. The lowest BCUT2D eigenvalue weighted by Gasteiger charge is -2.25. The van der Waals surface area contributed by atoms with Crippen LogP contribution in [0.4, 0.5) is 5.69 Å². The van der Waals surface area contributed by atoms with E-state index >= 15 is 0 Å². The lowest BCUT2D eigenvalue weighted by atomic mass is 10.1. The van der Waals surface area contributed by atoms with Gasteiger partial charge in [0, 0.05) is 11.5 Å². The second kappa shape index (κ2) is 3.65. The Morgan fingerprint density at radius 2 is 1.75 bits per heavy atom. The summed E-state index contributed by atoms with van der Waals surface area (Å²) in [6.07, 6.45) is 0.